The van der Waals surface area contributed by atoms with Gasteiger partial charge in [0.1, 0.15) is 11.9 Å². The van der Waals surface area contributed by atoms with E-state index in [2.05, 4.69) is 122 Å². The Bertz CT molecular complexity index is 1040. The van der Waals surface area contributed by atoms with E-state index >= 15 is 0 Å². The molecule has 1 aliphatic heterocycles. The van der Waals surface area contributed by atoms with Gasteiger partial charge in [-0.1, -0.05) is 35.9 Å². The highest BCUT2D eigenvalue weighted by Gasteiger charge is 2.33. The van der Waals surface area contributed by atoms with Crippen LogP contribution in [-0.2, 0) is 7.05 Å². The molecule has 142 valence electrons. The highest BCUT2D eigenvalue weighted by Crippen LogP contribution is 2.30. The van der Waals surface area contributed by atoms with Crippen LogP contribution in [0.1, 0.15) is 23.6 Å². The predicted molar refractivity (Wildman–Crippen MR) is 117 cm³/mol. The zero-order valence-corrected chi connectivity index (χ0v) is 17.3. The van der Waals surface area contributed by atoms with Gasteiger partial charge in [0.15, 0.2) is 6.17 Å². The Kier molecular flexibility index (Phi) is 4.68. The van der Waals surface area contributed by atoms with Crippen LogP contribution in [0, 0.1) is 20.8 Å². The quantitative estimate of drug-likeness (QED) is 0.583. The fourth-order valence-electron chi connectivity index (χ4n) is 3.99. The first-order chi connectivity index (χ1) is 13.5. The van der Waals surface area contributed by atoms with E-state index in [4.69, 9.17) is 0 Å². The van der Waals surface area contributed by atoms with Crippen LogP contribution in [0.3, 0.4) is 0 Å². The minimum atomic E-state index is 0.210. The number of pyridine rings is 1. The number of hydrogen-bond acceptors (Lipinski definition) is 2. The van der Waals surface area contributed by atoms with Crippen molar-refractivity contribution in [1.29, 1.82) is 0 Å². The lowest BCUT2D eigenvalue weighted by Gasteiger charge is -2.25. The zero-order valence-electron chi connectivity index (χ0n) is 17.3. The molecule has 3 nitrogen and oxygen atoms in total. The van der Waals surface area contributed by atoms with E-state index < -0.39 is 0 Å². The second kappa shape index (κ2) is 7.16. The number of para-hydroxylation sites is 1. The average molecular weight is 371 g/mol. The van der Waals surface area contributed by atoms with Gasteiger partial charge in [-0.25, -0.2) is 9.47 Å². The fourth-order valence-corrected chi connectivity index (χ4v) is 3.99. The van der Waals surface area contributed by atoms with Gasteiger partial charge in [-0.15, -0.1) is 0 Å². The summed E-state index contributed by atoms with van der Waals surface area (Å²) in [5.41, 5.74) is 7.60. The van der Waals surface area contributed by atoms with Crippen LogP contribution >= 0.6 is 0 Å². The van der Waals surface area contributed by atoms with E-state index in [0.717, 1.165) is 0 Å². The van der Waals surface area contributed by atoms with E-state index in [0.29, 0.717) is 0 Å². The summed E-state index contributed by atoms with van der Waals surface area (Å²) in [6.45, 7) is 8.76. The summed E-state index contributed by atoms with van der Waals surface area (Å²) >= 11 is 0. The SMILES string of the molecule is Cc1ccc(C)c(-c2cc(C)cc(N3C=CN(c4ccccc4)[C@H]3C)[n+]2C)c1. The standard InChI is InChI=1S/C25H28N3/c1-18-11-12-20(3)23(15-18)24-16-19(2)17-25(26(24)5)28-14-13-27(21(28)4)22-9-7-6-8-10-22/h6-17,21H,1-5H3/q+1/t21-/m1/s1. The second-order valence-corrected chi connectivity index (χ2v) is 7.73. The molecule has 0 saturated carbocycles. The van der Waals surface area contributed by atoms with Crippen LogP contribution in [0.15, 0.2) is 73.1 Å². The van der Waals surface area contributed by atoms with Gasteiger partial charge in [0.25, 0.3) is 5.82 Å². The Morgan fingerprint density at radius 2 is 1.50 bits per heavy atom. The van der Waals surface area contributed by atoms with Crippen molar-refractivity contribution in [3.63, 3.8) is 0 Å². The molecule has 1 aliphatic rings. The summed E-state index contributed by atoms with van der Waals surface area (Å²) in [7, 11) is 2.16. The Morgan fingerprint density at radius 1 is 0.786 bits per heavy atom. The maximum atomic E-state index is 2.34. The molecule has 28 heavy (non-hydrogen) atoms. The molecule has 3 aromatic rings. The van der Waals surface area contributed by atoms with Crippen LogP contribution in [0.2, 0.25) is 0 Å². The van der Waals surface area contributed by atoms with Gasteiger partial charge >= 0.3 is 0 Å². The molecule has 0 spiro atoms. The molecule has 4 rings (SSSR count). The Balaban J connectivity index is 1.77. The summed E-state index contributed by atoms with van der Waals surface area (Å²) < 4.78 is 2.31. The molecule has 0 unspecified atom stereocenters. The van der Waals surface area contributed by atoms with Crippen LogP contribution < -0.4 is 14.4 Å². The molecule has 0 N–H and O–H groups in total. The van der Waals surface area contributed by atoms with E-state index in [1.165, 1.54) is 39.5 Å². The minimum Gasteiger partial charge on any atom is -0.305 e. The highest BCUT2D eigenvalue weighted by atomic mass is 15.4. The van der Waals surface area contributed by atoms with E-state index in [9.17, 15) is 0 Å². The monoisotopic (exact) mass is 370 g/mol. The maximum absolute atomic E-state index is 2.34. The van der Waals surface area contributed by atoms with Gasteiger partial charge in [0.2, 0.25) is 0 Å². The van der Waals surface area contributed by atoms with Crippen molar-refractivity contribution >= 4 is 11.5 Å². The lowest BCUT2D eigenvalue weighted by atomic mass is 10.0. The summed E-state index contributed by atoms with van der Waals surface area (Å²) in [5.74, 6) is 1.19. The molecule has 2 heterocycles. The minimum absolute atomic E-state index is 0.210. The molecule has 0 bridgehead atoms. The predicted octanol–water partition coefficient (Wildman–Crippen LogP) is 5.25. The van der Waals surface area contributed by atoms with Crippen molar-refractivity contribution < 1.29 is 4.57 Å². The Labute approximate surface area is 168 Å². The third-order valence-electron chi connectivity index (χ3n) is 5.61. The topological polar surface area (TPSA) is 10.4 Å². The molecular weight excluding hydrogens is 342 g/mol. The molecule has 1 atom stereocenters. The molecule has 3 heteroatoms. The number of rotatable bonds is 3. The number of benzene rings is 2. The summed E-state index contributed by atoms with van der Waals surface area (Å²) in [5, 5.41) is 0. The summed E-state index contributed by atoms with van der Waals surface area (Å²) in [6.07, 6.45) is 4.56. The number of hydrogen-bond donors (Lipinski definition) is 0. The van der Waals surface area contributed by atoms with Crippen molar-refractivity contribution in [1.82, 2.24) is 0 Å². The highest BCUT2D eigenvalue weighted by molar-refractivity contribution is 5.65. The van der Waals surface area contributed by atoms with Gasteiger partial charge in [-0.05, 0) is 63.1 Å². The number of aromatic nitrogens is 1. The first kappa shape index (κ1) is 18.3. The molecule has 0 radical (unpaired) electrons. The maximum Gasteiger partial charge on any atom is 0.283 e. The van der Waals surface area contributed by atoms with Crippen molar-refractivity contribution in [3.8, 4) is 11.3 Å². The van der Waals surface area contributed by atoms with Gasteiger partial charge in [0.05, 0.1) is 7.05 Å². The third kappa shape index (κ3) is 3.18. The van der Waals surface area contributed by atoms with Crippen LogP contribution in [0.5, 0.6) is 0 Å². The third-order valence-corrected chi connectivity index (χ3v) is 5.61. The van der Waals surface area contributed by atoms with E-state index in [-0.39, 0.29) is 6.17 Å². The van der Waals surface area contributed by atoms with Crippen molar-refractivity contribution in [2.75, 3.05) is 9.80 Å². The first-order valence-corrected chi connectivity index (χ1v) is 9.84. The van der Waals surface area contributed by atoms with E-state index in [1.54, 1.807) is 0 Å². The molecular formula is C25H28N3+. The first-order valence-electron chi connectivity index (χ1n) is 9.84. The van der Waals surface area contributed by atoms with Crippen molar-refractivity contribution in [3.05, 3.63) is 89.8 Å². The van der Waals surface area contributed by atoms with E-state index in [1.807, 2.05) is 0 Å². The largest absolute Gasteiger partial charge is 0.305 e. The number of aryl methyl sites for hydroxylation is 3. The molecule has 1 aromatic heterocycles. The van der Waals surface area contributed by atoms with Crippen LogP contribution in [0.4, 0.5) is 11.5 Å². The second-order valence-electron chi connectivity index (χ2n) is 7.73. The lowest BCUT2D eigenvalue weighted by molar-refractivity contribution is -0.647. The molecule has 0 fully saturated rings. The fraction of sp³-hybridized carbons (Fsp3) is 0.240. The number of nitrogens with zero attached hydrogens (tertiary/aromatic N) is 3. The zero-order chi connectivity index (χ0) is 19.8. The Morgan fingerprint density at radius 3 is 2.25 bits per heavy atom. The molecule has 0 amide bonds. The number of anilines is 2. The van der Waals surface area contributed by atoms with Gasteiger partial charge in [0, 0.05) is 23.5 Å². The normalized spacial score (nSPS) is 16.1. The van der Waals surface area contributed by atoms with Gasteiger partial charge in [-0.2, -0.15) is 0 Å². The van der Waals surface area contributed by atoms with Gasteiger partial charge < -0.3 is 4.90 Å². The Hall–Kier alpha value is -3.07. The van der Waals surface area contributed by atoms with Crippen LogP contribution in [0.25, 0.3) is 11.3 Å². The van der Waals surface area contributed by atoms with Crippen LogP contribution in [-0.4, -0.2) is 6.17 Å². The van der Waals surface area contributed by atoms with Gasteiger partial charge in [-0.3, -0.25) is 0 Å². The molecule has 2 aromatic carbocycles. The summed E-state index contributed by atoms with van der Waals surface area (Å²) in [6, 6.07) is 21.8. The average Bonchev–Trinajstić information content (AvgIpc) is 3.07. The molecule has 0 saturated heterocycles. The van der Waals surface area contributed by atoms with Crippen molar-refractivity contribution in [2.24, 2.45) is 7.05 Å². The van der Waals surface area contributed by atoms with Crippen molar-refractivity contribution in [2.45, 2.75) is 33.9 Å². The lowest BCUT2D eigenvalue weighted by Crippen LogP contribution is -2.44. The summed E-state index contributed by atoms with van der Waals surface area (Å²) in [4.78, 5) is 4.65. The molecule has 0 aliphatic carbocycles. The smallest absolute Gasteiger partial charge is 0.283 e.